The monoisotopic (exact) mass is 391 g/mol. The minimum absolute atomic E-state index is 0.145. The van der Waals surface area contributed by atoms with Gasteiger partial charge in [0.25, 0.3) is 0 Å². The van der Waals surface area contributed by atoms with Crippen molar-refractivity contribution in [1.82, 2.24) is 0 Å². The molecule has 4 rings (SSSR count). The Hall–Kier alpha value is -3.32. The fourth-order valence-electron chi connectivity index (χ4n) is 3.68. The lowest BCUT2D eigenvalue weighted by Crippen LogP contribution is -2.13. The first-order valence-corrected chi connectivity index (χ1v) is 10.5. The molecule has 0 bridgehead atoms. The highest BCUT2D eigenvalue weighted by Crippen LogP contribution is 2.36. The summed E-state index contributed by atoms with van der Waals surface area (Å²) in [6.45, 7) is 8.87. The summed E-state index contributed by atoms with van der Waals surface area (Å²) in [6.07, 6.45) is 0. The second-order valence-electron chi connectivity index (χ2n) is 8.88. The Labute approximate surface area is 180 Å². The third-order valence-corrected chi connectivity index (χ3v) is 5.52. The molecule has 0 unspecified atom stereocenters. The van der Waals surface area contributed by atoms with Crippen LogP contribution in [0.1, 0.15) is 31.9 Å². The third kappa shape index (κ3) is 4.31. The molecule has 0 atom stereocenters. The molecule has 0 amide bonds. The Kier molecular flexibility index (Phi) is 5.46. The molecular weight excluding hydrogens is 362 g/mol. The number of hydrogen-bond acceptors (Lipinski definition) is 1. The van der Waals surface area contributed by atoms with Crippen LogP contribution in [0.15, 0.2) is 103 Å². The predicted molar refractivity (Wildman–Crippen MR) is 130 cm³/mol. The SMILES string of the molecule is Cc1ccc(-c2ccc(N(c3ccccc3)c3ccc(C(C)(C)C)cc3)cc2)cc1. The van der Waals surface area contributed by atoms with Crippen LogP contribution in [-0.4, -0.2) is 0 Å². The van der Waals surface area contributed by atoms with Gasteiger partial charge in [0.2, 0.25) is 0 Å². The summed E-state index contributed by atoms with van der Waals surface area (Å²) in [4.78, 5) is 2.31. The first-order chi connectivity index (χ1) is 14.4. The van der Waals surface area contributed by atoms with Crippen molar-refractivity contribution in [3.05, 3.63) is 114 Å². The Bertz CT molecular complexity index is 1080. The van der Waals surface area contributed by atoms with Crippen LogP contribution >= 0.6 is 0 Å². The van der Waals surface area contributed by atoms with Crippen molar-refractivity contribution in [2.75, 3.05) is 4.90 Å². The van der Waals surface area contributed by atoms with Gasteiger partial charge in [-0.2, -0.15) is 0 Å². The van der Waals surface area contributed by atoms with E-state index < -0.39 is 0 Å². The smallest absolute Gasteiger partial charge is 0.0462 e. The number of benzene rings is 4. The van der Waals surface area contributed by atoms with Crippen molar-refractivity contribution in [2.24, 2.45) is 0 Å². The van der Waals surface area contributed by atoms with Gasteiger partial charge in [0, 0.05) is 17.1 Å². The number of para-hydroxylation sites is 1. The summed E-state index contributed by atoms with van der Waals surface area (Å²) >= 11 is 0. The fourth-order valence-corrected chi connectivity index (χ4v) is 3.68. The molecule has 4 aromatic rings. The summed E-state index contributed by atoms with van der Waals surface area (Å²) in [5, 5.41) is 0. The van der Waals surface area contributed by atoms with E-state index in [1.54, 1.807) is 0 Å². The van der Waals surface area contributed by atoms with Crippen molar-refractivity contribution in [2.45, 2.75) is 33.1 Å². The summed E-state index contributed by atoms with van der Waals surface area (Å²) in [5.74, 6) is 0. The summed E-state index contributed by atoms with van der Waals surface area (Å²) in [6, 6.07) is 37.0. The molecule has 0 fully saturated rings. The van der Waals surface area contributed by atoms with Gasteiger partial charge in [-0.25, -0.2) is 0 Å². The number of aryl methyl sites for hydroxylation is 1. The molecule has 0 saturated heterocycles. The van der Waals surface area contributed by atoms with Gasteiger partial charge in [0.15, 0.2) is 0 Å². The van der Waals surface area contributed by atoms with Crippen LogP contribution in [0.25, 0.3) is 11.1 Å². The molecule has 0 spiro atoms. The lowest BCUT2D eigenvalue weighted by Gasteiger charge is -2.27. The highest BCUT2D eigenvalue weighted by Gasteiger charge is 2.16. The third-order valence-electron chi connectivity index (χ3n) is 5.52. The van der Waals surface area contributed by atoms with Crippen molar-refractivity contribution < 1.29 is 0 Å². The molecule has 30 heavy (non-hydrogen) atoms. The molecule has 150 valence electrons. The Morgan fingerprint density at radius 2 is 0.933 bits per heavy atom. The number of nitrogens with zero attached hydrogens (tertiary/aromatic N) is 1. The quantitative estimate of drug-likeness (QED) is 0.337. The van der Waals surface area contributed by atoms with Crippen molar-refractivity contribution >= 4 is 17.1 Å². The van der Waals surface area contributed by atoms with Gasteiger partial charge in [0.05, 0.1) is 0 Å². The van der Waals surface area contributed by atoms with E-state index in [1.807, 2.05) is 0 Å². The van der Waals surface area contributed by atoms with Crippen molar-refractivity contribution in [3.63, 3.8) is 0 Å². The maximum absolute atomic E-state index is 2.31. The van der Waals surface area contributed by atoms with E-state index in [0.717, 1.165) is 17.1 Å². The van der Waals surface area contributed by atoms with Gasteiger partial charge in [-0.1, -0.05) is 93.1 Å². The maximum Gasteiger partial charge on any atom is 0.0462 e. The average Bonchev–Trinajstić information content (AvgIpc) is 2.76. The first kappa shape index (κ1) is 20.0. The molecule has 0 radical (unpaired) electrons. The normalized spacial score (nSPS) is 11.3. The van der Waals surface area contributed by atoms with Crippen LogP contribution in [0.5, 0.6) is 0 Å². The predicted octanol–water partition coefficient (Wildman–Crippen LogP) is 8.43. The Morgan fingerprint density at radius 3 is 1.43 bits per heavy atom. The fraction of sp³-hybridized carbons (Fsp3) is 0.172. The van der Waals surface area contributed by atoms with E-state index in [9.17, 15) is 0 Å². The zero-order valence-electron chi connectivity index (χ0n) is 18.3. The van der Waals surface area contributed by atoms with Crippen LogP contribution in [-0.2, 0) is 5.41 Å². The van der Waals surface area contributed by atoms with E-state index in [2.05, 4.69) is 136 Å². The summed E-state index contributed by atoms with van der Waals surface area (Å²) in [5.41, 5.74) is 8.72. The van der Waals surface area contributed by atoms with Crippen LogP contribution in [0.4, 0.5) is 17.1 Å². The molecule has 0 heterocycles. The van der Waals surface area contributed by atoms with E-state index in [1.165, 1.54) is 22.3 Å². The minimum atomic E-state index is 0.145. The van der Waals surface area contributed by atoms with E-state index in [-0.39, 0.29) is 5.41 Å². The summed E-state index contributed by atoms with van der Waals surface area (Å²) in [7, 11) is 0. The van der Waals surface area contributed by atoms with E-state index >= 15 is 0 Å². The lowest BCUT2D eigenvalue weighted by molar-refractivity contribution is 0.590. The zero-order valence-corrected chi connectivity index (χ0v) is 18.3. The standard InChI is InChI=1S/C29H29N/c1-22-10-12-23(13-11-22)24-14-18-27(19-15-24)30(26-8-6-5-7-9-26)28-20-16-25(17-21-28)29(2,3)4/h5-21H,1-4H3. The van der Waals surface area contributed by atoms with Gasteiger partial charge >= 0.3 is 0 Å². The Morgan fingerprint density at radius 1 is 0.500 bits per heavy atom. The molecule has 0 saturated carbocycles. The highest BCUT2D eigenvalue weighted by molar-refractivity contribution is 5.78. The molecule has 0 N–H and O–H groups in total. The minimum Gasteiger partial charge on any atom is -0.311 e. The second kappa shape index (κ2) is 8.20. The molecule has 0 aliphatic heterocycles. The van der Waals surface area contributed by atoms with Gasteiger partial charge in [0.1, 0.15) is 0 Å². The molecule has 0 aromatic heterocycles. The van der Waals surface area contributed by atoms with Gasteiger partial charge in [-0.3, -0.25) is 0 Å². The molecule has 4 aromatic carbocycles. The zero-order chi connectivity index (χ0) is 21.1. The first-order valence-electron chi connectivity index (χ1n) is 10.5. The average molecular weight is 392 g/mol. The number of hydrogen-bond donors (Lipinski definition) is 0. The van der Waals surface area contributed by atoms with Crippen LogP contribution in [0.2, 0.25) is 0 Å². The molecule has 0 aliphatic carbocycles. The Balaban J connectivity index is 1.73. The van der Waals surface area contributed by atoms with Crippen molar-refractivity contribution in [3.8, 4) is 11.1 Å². The number of rotatable bonds is 4. The summed E-state index contributed by atoms with van der Waals surface area (Å²) < 4.78 is 0. The topological polar surface area (TPSA) is 3.24 Å². The van der Waals surface area contributed by atoms with E-state index in [4.69, 9.17) is 0 Å². The highest BCUT2D eigenvalue weighted by atomic mass is 15.1. The van der Waals surface area contributed by atoms with Crippen LogP contribution in [0, 0.1) is 6.92 Å². The largest absolute Gasteiger partial charge is 0.311 e. The van der Waals surface area contributed by atoms with Gasteiger partial charge in [-0.15, -0.1) is 0 Å². The molecule has 1 nitrogen and oxygen atoms in total. The van der Waals surface area contributed by atoms with Crippen molar-refractivity contribution in [1.29, 1.82) is 0 Å². The van der Waals surface area contributed by atoms with Crippen LogP contribution < -0.4 is 4.90 Å². The van der Waals surface area contributed by atoms with Gasteiger partial charge in [-0.05, 0) is 65.4 Å². The maximum atomic E-state index is 2.31. The second-order valence-corrected chi connectivity index (χ2v) is 8.88. The van der Waals surface area contributed by atoms with Gasteiger partial charge < -0.3 is 4.90 Å². The number of anilines is 3. The van der Waals surface area contributed by atoms with Crippen LogP contribution in [0.3, 0.4) is 0 Å². The molecule has 0 aliphatic rings. The lowest BCUT2D eigenvalue weighted by atomic mass is 9.87. The molecular formula is C29H29N. The van der Waals surface area contributed by atoms with E-state index in [0.29, 0.717) is 0 Å². The molecule has 1 heteroatoms.